The molecule has 4 aliphatic carbocycles. The highest BCUT2D eigenvalue weighted by atomic mass is 16.5. The van der Waals surface area contributed by atoms with E-state index < -0.39 is 11.9 Å². The van der Waals surface area contributed by atoms with Crippen LogP contribution in [0.25, 0.3) is 0 Å². The van der Waals surface area contributed by atoms with Gasteiger partial charge in [0.25, 0.3) is 0 Å². The lowest BCUT2D eigenvalue weighted by Crippen LogP contribution is -2.53. The van der Waals surface area contributed by atoms with Gasteiger partial charge < -0.3 is 9.84 Å². The highest BCUT2D eigenvalue weighted by molar-refractivity contribution is 5.79. The van der Waals surface area contributed by atoms with E-state index >= 15 is 0 Å². The summed E-state index contributed by atoms with van der Waals surface area (Å²) in [6.07, 6.45) is 12.6. The lowest BCUT2D eigenvalue weighted by molar-refractivity contribution is -0.145. The number of carboxylic acid groups (broad SMARTS) is 1. The molecule has 200 valence electrons. The first-order chi connectivity index (χ1) is 16.4. The maximum Gasteiger partial charge on any atom is 0.320 e. The first kappa shape index (κ1) is 28.1. The second kappa shape index (κ2) is 11.3. The molecule has 8 atom stereocenters. The van der Waals surface area contributed by atoms with Crippen LogP contribution in [-0.2, 0) is 19.1 Å². The van der Waals surface area contributed by atoms with Crippen LogP contribution in [0.3, 0.4) is 0 Å². The van der Waals surface area contributed by atoms with Gasteiger partial charge in [-0.05, 0) is 113 Å². The van der Waals surface area contributed by atoms with Gasteiger partial charge in [-0.2, -0.15) is 0 Å². The minimum Gasteiger partial charge on any atom is -0.480 e. The molecule has 0 aromatic rings. The summed E-state index contributed by atoms with van der Waals surface area (Å²) in [7, 11) is 1.55. The summed E-state index contributed by atoms with van der Waals surface area (Å²) < 4.78 is 4.62. The van der Waals surface area contributed by atoms with Gasteiger partial charge in [0.2, 0.25) is 0 Å². The Morgan fingerprint density at radius 3 is 2.23 bits per heavy atom. The fraction of sp³-hybridized carbons (Fsp3) is 0.897. The third-order valence-corrected chi connectivity index (χ3v) is 10.5. The van der Waals surface area contributed by atoms with E-state index in [9.17, 15) is 14.4 Å². The third kappa shape index (κ3) is 5.94. The summed E-state index contributed by atoms with van der Waals surface area (Å²) in [5, 5.41) is 8.33. The highest BCUT2D eigenvalue weighted by Crippen LogP contribution is 2.67. The Morgan fingerprint density at radius 2 is 1.60 bits per heavy atom. The summed E-state index contributed by atoms with van der Waals surface area (Å²) in [5.41, 5.74) is 0.948. The SMILES string of the molecule is CC(=O)C1CCC2C3CCC4CC(C)CCC4(C)C3CCC12C.CCOC(=O)CN(C)CC(=O)O. The molecule has 0 aromatic heterocycles. The minimum absolute atomic E-state index is 0.0140. The molecule has 8 unspecified atom stereocenters. The number of fused-ring (bicyclic) bond motifs is 5. The first-order valence-corrected chi connectivity index (χ1v) is 14.0. The summed E-state index contributed by atoms with van der Waals surface area (Å²) in [4.78, 5) is 34.5. The van der Waals surface area contributed by atoms with Crippen LogP contribution in [0.4, 0.5) is 0 Å². The van der Waals surface area contributed by atoms with Crippen molar-refractivity contribution in [1.82, 2.24) is 4.90 Å². The van der Waals surface area contributed by atoms with Crippen molar-refractivity contribution >= 4 is 17.7 Å². The standard InChI is InChI=1S/C22H36O.C7H13NO4/c1-14-9-11-21(3)16(13-14)5-6-17-19-8-7-18(15(2)23)22(19,4)12-10-20(17)21;1-3-12-7(11)5-8(2)4-6(9)10/h14,16-20H,5-13H2,1-4H3;3-5H2,1-2H3,(H,9,10). The molecule has 0 aliphatic heterocycles. The van der Waals surface area contributed by atoms with Gasteiger partial charge >= 0.3 is 11.9 Å². The van der Waals surface area contributed by atoms with Gasteiger partial charge in [0.05, 0.1) is 19.7 Å². The van der Waals surface area contributed by atoms with Crippen LogP contribution in [-0.4, -0.2) is 54.5 Å². The van der Waals surface area contributed by atoms with Crippen molar-refractivity contribution in [1.29, 1.82) is 0 Å². The number of carbonyl (C=O) groups excluding carboxylic acids is 2. The molecule has 0 amide bonds. The number of ether oxygens (including phenoxy) is 1. The molecular formula is C29H49NO5. The van der Waals surface area contributed by atoms with Crippen LogP contribution in [0.5, 0.6) is 0 Å². The van der Waals surface area contributed by atoms with Gasteiger partial charge in [0.15, 0.2) is 0 Å². The fourth-order valence-corrected chi connectivity index (χ4v) is 8.85. The van der Waals surface area contributed by atoms with E-state index in [1.165, 1.54) is 62.7 Å². The van der Waals surface area contributed by atoms with E-state index in [-0.39, 0.29) is 13.1 Å². The number of likely N-dealkylation sites (N-methyl/N-ethyl adjacent to an activating group) is 1. The molecule has 0 heterocycles. The van der Waals surface area contributed by atoms with Crippen molar-refractivity contribution in [3.8, 4) is 0 Å². The first-order valence-electron chi connectivity index (χ1n) is 14.0. The Bertz CT molecular complexity index is 783. The zero-order chi connectivity index (χ0) is 26.0. The smallest absolute Gasteiger partial charge is 0.320 e. The van der Waals surface area contributed by atoms with Gasteiger partial charge in [0, 0.05) is 5.92 Å². The van der Waals surface area contributed by atoms with E-state index in [2.05, 4.69) is 25.5 Å². The van der Waals surface area contributed by atoms with Crippen LogP contribution in [0.15, 0.2) is 0 Å². The zero-order valence-electron chi connectivity index (χ0n) is 23.0. The van der Waals surface area contributed by atoms with Crippen molar-refractivity contribution in [2.75, 3.05) is 26.7 Å². The molecule has 4 rings (SSSR count). The Labute approximate surface area is 212 Å². The number of hydrogen-bond donors (Lipinski definition) is 1. The van der Waals surface area contributed by atoms with Crippen molar-refractivity contribution in [2.45, 2.75) is 92.4 Å². The van der Waals surface area contributed by atoms with Crippen LogP contribution in [0, 0.1) is 46.3 Å². The van der Waals surface area contributed by atoms with Crippen molar-refractivity contribution < 1.29 is 24.2 Å². The van der Waals surface area contributed by atoms with Crippen LogP contribution in [0.2, 0.25) is 0 Å². The predicted molar refractivity (Wildman–Crippen MR) is 137 cm³/mol. The number of rotatable bonds is 6. The average molecular weight is 492 g/mol. The van der Waals surface area contributed by atoms with E-state index in [1.807, 2.05) is 6.92 Å². The number of Topliss-reactive ketones (excluding diaryl/α,β-unsaturated/α-hetero) is 1. The average Bonchev–Trinajstić information content (AvgIpc) is 3.11. The molecule has 4 fully saturated rings. The van der Waals surface area contributed by atoms with Crippen molar-refractivity contribution in [3.63, 3.8) is 0 Å². The van der Waals surface area contributed by atoms with E-state index in [1.54, 1.807) is 14.0 Å². The molecule has 0 aromatic carbocycles. The van der Waals surface area contributed by atoms with Crippen LogP contribution < -0.4 is 0 Å². The molecule has 0 saturated heterocycles. The molecule has 0 radical (unpaired) electrons. The Balaban J connectivity index is 0.000000245. The lowest BCUT2D eigenvalue weighted by atomic mass is 9.44. The molecule has 0 spiro atoms. The Morgan fingerprint density at radius 1 is 0.943 bits per heavy atom. The molecule has 1 N–H and O–H groups in total. The molecule has 6 heteroatoms. The number of nitrogens with zero attached hydrogens (tertiary/aromatic N) is 1. The number of ketones is 1. The van der Waals surface area contributed by atoms with E-state index in [4.69, 9.17) is 5.11 Å². The quantitative estimate of drug-likeness (QED) is 0.498. The largest absolute Gasteiger partial charge is 0.480 e. The van der Waals surface area contributed by atoms with Crippen molar-refractivity contribution in [2.24, 2.45) is 46.3 Å². The van der Waals surface area contributed by atoms with Gasteiger partial charge in [-0.1, -0.05) is 27.2 Å². The maximum atomic E-state index is 12.2. The normalized spacial score (nSPS) is 40.0. The molecular weight excluding hydrogens is 442 g/mol. The topological polar surface area (TPSA) is 83.9 Å². The number of hydrogen-bond acceptors (Lipinski definition) is 5. The minimum atomic E-state index is -0.957. The summed E-state index contributed by atoms with van der Waals surface area (Å²) >= 11 is 0. The van der Waals surface area contributed by atoms with Crippen LogP contribution in [0.1, 0.15) is 92.4 Å². The Hall–Kier alpha value is -1.43. The second-order valence-corrected chi connectivity index (χ2v) is 12.7. The summed E-state index contributed by atoms with van der Waals surface area (Å²) in [6, 6.07) is 0. The maximum absolute atomic E-state index is 12.2. The van der Waals surface area contributed by atoms with Crippen molar-refractivity contribution in [3.05, 3.63) is 0 Å². The highest BCUT2D eigenvalue weighted by Gasteiger charge is 2.60. The summed E-state index contributed by atoms with van der Waals surface area (Å²) in [6.45, 7) is 11.3. The number of esters is 1. The van der Waals surface area contributed by atoms with E-state index in [0.717, 1.165) is 29.6 Å². The predicted octanol–water partition coefficient (Wildman–Crippen LogP) is 5.44. The molecule has 0 bridgehead atoms. The van der Waals surface area contributed by atoms with Gasteiger partial charge in [-0.15, -0.1) is 0 Å². The van der Waals surface area contributed by atoms with Gasteiger partial charge in [0.1, 0.15) is 5.78 Å². The molecule has 4 saturated carbocycles. The zero-order valence-corrected chi connectivity index (χ0v) is 23.0. The molecule has 6 nitrogen and oxygen atoms in total. The monoisotopic (exact) mass is 491 g/mol. The third-order valence-electron chi connectivity index (χ3n) is 10.5. The van der Waals surface area contributed by atoms with Crippen LogP contribution >= 0.6 is 0 Å². The second-order valence-electron chi connectivity index (χ2n) is 12.7. The molecule has 4 aliphatic rings. The fourth-order valence-electron chi connectivity index (χ4n) is 8.85. The van der Waals surface area contributed by atoms with Gasteiger partial charge in [-0.3, -0.25) is 19.3 Å². The number of aliphatic carboxylic acids is 1. The summed E-state index contributed by atoms with van der Waals surface area (Å²) in [5.74, 6) is 4.14. The number of carboxylic acids is 1. The lowest BCUT2D eigenvalue weighted by Gasteiger charge is -2.61. The van der Waals surface area contributed by atoms with E-state index in [0.29, 0.717) is 29.1 Å². The Kier molecular flexibility index (Phi) is 9.10. The number of carbonyl (C=O) groups is 3. The molecule has 35 heavy (non-hydrogen) atoms. The van der Waals surface area contributed by atoms with Gasteiger partial charge in [-0.25, -0.2) is 0 Å².